The summed E-state index contributed by atoms with van der Waals surface area (Å²) in [6, 6.07) is 5.83. The van der Waals surface area contributed by atoms with Gasteiger partial charge in [-0.15, -0.1) is 0 Å². The van der Waals surface area contributed by atoms with E-state index < -0.39 is 0 Å². The average molecular weight is 303 g/mol. The molecular weight excluding hydrogens is 278 g/mol. The van der Waals surface area contributed by atoms with Crippen LogP contribution in [0.3, 0.4) is 0 Å². The van der Waals surface area contributed by atoms with Gasteiger partial charge in [-0.25, -0.2) is 0 Å². The van der Waals surface area contributed by atoms with Crippen LogP contribution >= 0.6 is 0 Å². The lowest BCUT2D eigenvalue weighted by Gasteiger charge is -2.22. The molecule has 1 aliphatic rings. The number of carbonyl (C=O) groups is 1. The van der Waals surface area contributed by atoms with Gasteiger partial charge in [-0.05, 0) is 33.8 Å². The van der Waals surface area contributed by atoms with Crippen LogP contribution in [0.4, 0.5) is 0 Å². The summed E-state index contributed by atoms with van der Waals surface area (Å²) in [6.45, 7) is 13.0. The van der Waals surface area contributed by atoms with E-state index in [2.05, 4.69) is 6.58 Å². The molecule has 0 atom stereocenters. The number of rotatable bonds is 6. The SMILES string of the molecule is C=C(C)CN(CC)C(=O)COc1cccc2c1OC(C)(C)C2. The second-order valence-corrected chi connectivity index (χ2v) is 6.44. The molecule has 0 aromatic heterocycles. The van der Waals surface area contributed by atoms with Gasteiger partial charge in [-0.2, -0.15) is 0 Å². The first-order chi connectivity index (χ1) is 10.3. The second-order valence-electron chi connectivity index (χ2n) is 6.44. The third-order valence-corrected chi connectivity index (χ3v) is 3.60. The lowest BCUT2D eigenvalue weighted by Crippen LogP contribution is -2.35. The predicted molar refractivity (Wildman–Crippen MR) is 87.4 cm³/mol. The van der Waals surface area contributed by atoms with Crippen molar-refractivity contribution in [2.45, 2.75) is 39.7 Å². The number of fused-ring (bicyclic) bond motifs is 1. The topological polar surface area (TPSA) is 38.8 Å². The summed E-state index contributed by atoms with van der Waals surface area (Å²) in [5.41, 5.74) is 1.87. The summed E-state index contributed by atoms with van der Waals surface area (Å²) in [5, 5.41) is 0. The van der Waals surface area contributed by atoms with E-state index in [4.69, 9.17) is 9.47 Å². The lowest BCUT2D eigenvalue weighted by molar-refractivity contribution is -0.132. The van der Waals surface area contributed by atoms with Crippen molar-refractivity contribution in [1.82, 2.24) is 4.90 Å². The third kappa shape index (κ3) is 3.81. The molecule has 120 valence electrons. The first kappa shape index (κ1) is 16.4. The Morgan fingerprint density at radius 2 is 2.18 bits per heavy atom. The van der Waals surface area contributed by atoms with Crippen molar-refractivity contribution in [3.63, 3.8) is 0 Å². The van der Waals surface area contributed by atoms with Crippen LogP contribution < -0.4 is 9.47 Å². The Morgan fingerprint density at radius 1 is 1.45 bits per heavy atom. The number of nitrogens with zero attached hydrogens (tertiary/aromatic N) is 1. The minimum atomic E-state index is -0.221. The predicted octanol–water partition coefficient (Wildman–Crippen LogP) is 3.20. The van der Waals surface area contributed by atoms with Crippen molar-refractivity contribution in [1.29, 1.82) is 0 Å². The van der Waals surface area contributed by atoms with E-state index in [1.165, 1.54) is 0 Å². The highest BCUT2D eigenvalue weighted by molar-refractivity contribution is 5.78. The summed E-state index contributed by atoms with van der Waals surface area (Å²) < 4.78 is 11.7. The number of hydrogen-bond acceptors (Lipinski definition) is 3. The molecule has 0 aliphatic carbocycles. The van der Waals surface area contributed by atoms with Crippen molar-refractivity contribution < 1.29 is 14.3 Å². The molecule has 0 saturated carbocycles. The number of likely N-dealkylation sites (N-methyl/N-ethyl adjacent to an activating group) is 1. The smallest absolute Gasteiger partial charge is 0.260 e. The highest BCUT2D eigenvalue weighted by Crippen LogP contribution is 2.41. The molecular formula is C18H25NO3. The summed E-state index contributed by atoms with van der Waals surface area (Å²) in [7, 11) is 0. The highest BCUT2D eigenvalue weighted by Gasteiger charge is 2.32. The molecule has 0 spiro atoms. The molecule has 4 heteroatoms. The normalized spacial score (nSPS) is 14.9. The molecule has 0 N–H and O–H groups in total. The summed E-state index contributed by atoms with van der Waals surface area (Å²) >= 11 is 0. The molecule has 0 bridgehead atoms. The van der Waals surface area contributed by atoms with Crippen molar-refractivity contribution in [3.05, 3.63) is 35.9 Å². The number of hydrogen-bond donors (Lipinski definition) is 0. The third-order valence-electron chi connectivity index (χ3n) is 3.60. The molecule has 0 unspecified atom stereocenters. The van der Waals surface area contributed by atoms with E-state index in [1.807, 2.05) is 45.9 Å². The molecule has 1 aromatic rings. The van der Waals surface area contributed by atoms with Crippen molar-refractivity contribution in [2.24, 2.45) is 0 Å². The van der Waals surface area contributed by atoms with Crippen LogP contribution in [0.1, 0.15) is 33.3 Å². The maximum absolute atomic E-state index is 12.2. The Morgan fingerprint density at radius 3 is 2.82 bits per heavy atom. The molecule has 1 aliphatic heterocycles. The minimum absolute atomic E-state index is 0.0152. The zero-order valence-corrected chi connectivity index (χ0v) is 13.9. The van der Waals surface area contributed by atoms with Crippen LogP contribution in [0.2, 0.25) is 0 Å². The number of amides is 1. The van der Waals surface area contributed by atoms with Gasteiger partial charge in [0, 0.05) is 25.1 Å². The fraction of sp³-hybridized carbons (Fsp3) is 0.500. The van der Waals surface area contributed by atoms with Crippen LogP contribution in [0.15, 0.2) is 30.4 Å². The first-order valence-corrected chi connectivity index (χ1v) is 7.68. The standard InChI is InChI=1S/C18H25NO3/c1-6-19(11-13(2)3)16(20)12-21-15-9-7-8-14-10-18(4,5)22-17(14)15/h7-9H,2,6,10-12H2,1,3-5H3. The van der Waals surface area contributed by atoms with E-state index in [9.17, 15) is 4.79 Å². The van der Waals surface area contributed by atoms with E-state index in [1.54, 1.807) is 4.90 Å². The van der Waals surface area contributed by atoms with Crippen LogP contribution in [-0.4, -0.2) is 36.1 Å². The molecule has 22 heavy (non-hydrogen) atoms. The molecule has 0 saturated heterocycles. The molecule has 1 aromatic carbocycles. The molecule has 0 radical (unpaired) electrons. The van der Waals surface area contributed by atoms with Gasteiger partial charge in [-0.3, -0.25) is 4.79 Å². The monoisotopic (exact) mass is 303 g/mol. The Bertz CT molecular complexity index is 578. The lowest BCUT2D eigenvalue weighted by atomic mass is 10.0. The maximum atomic E-state index is 12.2. The summed E-state index contributed by atoms with van der Waals surface area (Å²) in [4.78, 5) is 14.0. The molecule has 1 heterocycles. The maximum Gasteiger partial charge on any atom is 0.260 e. The number of carbonyl (C=O) groups excluding carboxylic acids is 1. The van der Waals surface area contributed by atoms with Crippen LogP contribution in [0.5, 0.6) is 11.5 Å². The van der Waals surface area contributed by atoms with E-state index >= 15 is 0 Å². The van der Waals surface area contributed by atoms with Gasteiger partial charge < -0.3 is 14.4 Å². The van der Waals surface area contributed by atoms with Gasteiger partial charge in [0.15, 0.2) is 18.1 Å². The van der Waals surface area contributed by atoms with Gasteiger partial charge in [-0.1, -0.05) is 24.3 Å². The van der Waals surface area contributed by atoms with Crippen LogP contribution in [0.25, 0.3) is 0 Å². The number of benzene rings is 1. The van der Waals surface area contributed by atoms with Gasteiger partial charge in [0.05, 0.1) is 0 Å². The summed E-state index contributed by atoms with van der Waals surface area (Å²) in [6.07, 6.45) is 0.851. The van der Waals surface area contributed by atoms with Crippen molar-refractivity contribution in [3.8, 4) is 11.5 Å². The number of ether oxygens (including phenoxy) is 2. The number of para-hydroxylation sites is 1. The first-order valence-electron chi connectivity index (χ1n) is 7.68. The Labute approximate surface area is 132 Å². The average Bonchev–Trinajstić information content (AvgIpc) is 2.76. The van der Waals surface area contributed by atoms with Gasteiger partial charge in [0.1, 0.15) is 5.60 Å². The largest absolute Gasteiger partial charge is 0.483 e. The highest BCUT2D eigenvalue weighted by atomic mass is 16.5. The Balaban J connectivity index is 2.03. The zero-order chi connectivity index (χ0) is 16.3. The van der Waals surface area contributed by atoms with Gasteiger partial charge >= 0.3 is 0 Å². The van der Waals surface area contributed by atoms with E-state index in [-0.39, 0.29) is 18.1 Å². The van der Waals surface area contributed by atoms with Gasteiger partial charge in [0.25, 0.3) is 5.91 Å². The Hall–Kier alpha value is -1.97. The molecule has 2 rings (SSSR count). The van der Waals surface area contributed by atoms with Crippen molar-refractivity contribution in [2.75, 3.05) is 19.7 Å². The molecule has 1 amide bonds. The van der Waals surface area contributed by atoms with Crippen molar-refractivity contribution >= 4 is 5.91 Å². The van der Waals surface area contributed by atoms with E-state index in [0.29, 0.717) is 18.8 Å². The fourth-order valence-electron chi connectivity index (χ4n) is 2.63. The summed E-state index contributed by atoms with van der Waals surface area (Å²) in [5.74, 6) is 1.37. The molecule has 0 fully saturated rings. The zero-order valence-electron chi connectivity index (χ0n) is 13.9. The Kier molecular flexibility index (Phi) is 4.79. The van der Waals surface area contributed by atoms with Crippen LogP contribution in [0, 0.1) is 0 Å². The van der Waals surface area contributed by atoms with E-state index in [0.717, 1.165) is 23.3 Å². The second kappa shape index (κ2) is 6.42. The fourth-order valence-corrected chi connectivity index (χ4v) is 2.63. The van der Waals surface area contributed by atoms with Crippen LogP contribution in [-0.2, 0) is 11.2 Å². The molecule has 4 nitrogen and oxygen atoms in total. The quantitative estimate of drug-likeness (QED) is 0.758. The van der Waals surface area contributed by atoms with Gasteiger partial charge in [0.2, 0.25) is 0 Å². The minimum Gasteiger partial charge on any atom is -0.483 e.